The molecule has 1 aromatic heterocycles. The van der Waals surface area contributed by atoms with E-state index in [1.165, 1.54) is 16.8 Å². The third-order valence-corrected chi connectivity index (χ3v) is 3.23. The lowest BCUT2D eigenvalue weighted by Crippen LogP contribution is -2.17. The maximum atomic E-state index is 4.52. The third kappa shape index (κ3) is 3.93. The van der Waals surface area contributed by atoms with E-state index in [9.17, 15) is 0 Å². The highest BCUT2D eigenvalue weighted by Gasteiger charge is 2.10. The van der Waals surface area contributed by atoms with Crippen molar-refractivity contribution in [3.63, 3.8) is 0 Å². The van der Waals surface area contributed by atoms with Gasteiger partial charge in [-0.15, -0.1) is 0 Å². The van der Waals surface area contributed by atoms with Crippen LogP contribution in [0, 0.1) is 0 Å². The molecule has 0 spiro atoms. The van der Waals surface area contributed by atoms with Crippen molar-refractivity contribution < 1.29 is 0 Å². The Kier molecular flexibility index (Phi) is 4.74. The van der Waals surface area contributed by atoms with Gasteiger partial charge in [0, 0.05) is 25.4 Å². The molecule has 0 atom stereocenters. The minimum absolute atomic E-state index is 0.479. The lowest BCUT2D eigenvalue weighted by atomic mass is 10.1. The monoisotopic (exact) mass is 257 g/mol. The molecule has 1 aromatic carbocycles. The molecule has 0 aliphatic carbocycles. The van der Waals surface area contributed by atoms with E-state index in [0.717, 1.165) is 19.5 Å². The zero-order valence-corrected chi connectivity index (χ0v) is 12.1. The number of hydrogen-bond acceptors (Lipinski definition) is 2. The molecule has 3 nitrogen and oxygen atoms in total. The molecule has 0 saturated carbocycles. The van der Waals surface area contributed by atoms with Gasteiger partial charge < -0.3 is 5.32 Å². The van der Waals surface area contributed by atoms with E-state index in [0.29, 0.717) is 5.92 Å². The number of rotatable bonds is 6. The summed E-state index contributed by atoms with van der Waals surface area (Å²) < 4.78 is 1.91. The first-order chi connectivity index (χ1) is 9.16. The molecule has 1 heterocycles. The predicted octanol–water partition coefficient (Wildman–Crippen LogP) is 2.88. The molecule has 0 saturated heterocycles. The van der Waals surface area contributed by atoms with E-state index in [2.05, 4.69) is 60.8 Å². The number of hydrogen-bond donors (Lipinski definition) is 1. The molecule has 0 amide bonds. The maximum Gasteiger partial charge on any atom is 0.0694 e. The van der Waals surface area contributed by atoms with Crippen molar-refractivity contribution in [2.24, 2.45) is 7.05 Å². The van der Waals surface area contributed by atoms with Crippen molar-refractivity contribution in [3.05, 3.63) is 53.3 Å². The van der Waals surface area contributed by atoms with Crippen LogP contribution in [0.2, 0.25) is 0 Å². The number of benzene rings is 1. The van der Waals surface area contributed by atoms with Crippen LogP contribution in [-0.2, 0) is 20.0 Å². The van der Waals surface area contributed by atoms with Crippen LogP contribution in [0.4, 0.5) is 0 Å². The van der Waals surface area contributed by atoms with Gasteiger partial charge in [0.15, 0.2) is 0 Å². The molecule has 0 bridgehead atoms. The molecular formula is C16H23N3. The quantitative estimate of drug-likeness (QED) is 0.806. The Morgan fingerprint density at radius 2 is 1.95 bits per heavy atom. The molecule has 2 rings (SSSR count). The lowest BCUT2D eigenvalue weighted by Gasteiger charge is -2.07. The summed E-state index contributed by atoms with van der Waals surface area (Å²) in [5.74, 6) is 0.479. The van der Waals surface area contributed by atoms with Crippen LogP contribution in [0.25, 0.3) is 0 Å². The summed E-state index contributed by atoms with van der Waals surface area (Å²) in [6.45, 7) is 6.27. The zero-order valence-electron chi connectivity index (χ0n) is 12.1. The first-order valence-corrected chi connectivity index (χ1v) is 6.94. The molecule has 0 unspecified atom stereocenters. The largest absolute Gasteiger partial charge is 0.312 e. The molecule has 19 heavy (non-hydrogen) atoms. The highest BCUT2D eigenvalue weighted by Crippen LogP contribution is 2.16. The molecule has 0 fully saturated rings. The Balaban J connectivity index is 1.83. The van der Waals surface area contributed by atoms with Gasteiger partial charge in [-0.1, -0.05) is 44.2 Å². The topological polar surface area (TPSA) is 29.9 Å². The highest BCUT2D eigenvalue weighted by molar-refractivity contribution is 5.20. The SMILES string of the molecule is CC(C)c1nn(C)cc1CNCCc1ccccc1. The summed E-state index contributed by atoms with van der Waals surface area (Å²) in [7, 11) is 1.99. The van der Waals surface area contributed by atoms with Crippen molar-refractivity contribution in [2.45, 2.75) is 32.7 Å². The molecule has 2 aromatic rings. The summed E-state index contributed by atoms with van der Waals surface area (Å²) in [5, 5.41) is 8.03. The first kappa shape index (κ1) is 13.8. The summed E-state index contributed by atoms with van der Waals surface area (Å²) in [5.41, 5.74) is 3.89. The van der Waals surface area contributed by atoms with Gasteiger partial charge in [-0.3, -0.25) is 4.68 Å². The van der Waals surface area contributed by atoms with Gasteiger partial charge >= 0.3 is 0 Å². The second kappa shape index (κ2) is 6.53. The molecule has 1 N–H and O–H groups in total. The Labute approximate surface area is 115 Å². The van der Waals surface area contributed by atoms with E-state index in [4.69, 9.17) is 0 Å². The first-order valence-electron chi connectivity index (χ1n) is 6.94. The van der Waals surface area contributed by atoms with Crippen molar-refractivity contribution in [1.29, 1.82) is 0 Å². The second-order valence-electron chi connectivity index (χ2n) is 5.28. The predicted molar refractivity (Wildman–Crippen MR) is 79.1 cm³/mol. The van der Waals surface area contributed by atoms with E-state index >= 15 is 0 Å². The van der Waals surface area contributed by atoms with Gasteiger partial charge in [0.1, 0.15) is 0 Å². The van der Waals surface area contributed by atoms with Crippen molar-refractivity contribution >= 4 is 0 Å². The van der Waals surface area contributed by atoms with Crippen LogP contribution in [0.15, 0.2) is 36.5 Å². The molecule has 3 heteroatoms. The fraction of sp³-hybridized carbons (Fsp3) is 0.438. The highest BCUT2D eigenvalue weighted by atomic mass is 15.3. The van der Waals surface area contributed by atoms with Gasteiger partial charge in [0.25, 0.3) is 0 Å². The molecule has 0 radical (unpaired) electrons. The number of aryl methyl sites for hydroxylation is 1. The lowest BCUT2D eigenvalue weighted by molar-refractivity contribution is 0.674. The summed E-state index contributed by atoms with van der Waals surface area (Å²) in [6.07, 6.45) is 3.18. The zero-order chi connectivity index (χ0) is 13.7. The summed E-state index contributed by atoms with van der Waals surface area (Å²) in [4.78, 5) is 0. The van der Waals surface area contributed by atoms with E-state index in [-0.39, 0.29) is 0 Å². The van der Waals surface area contributed by atoms with Crippen LogP contribution < -0.4 is 5.32 Å². The molecular weight excluding hydrogens is 234 g/mol. The van der Waals surface area contributed by atoms with Crippen molar-refractivity contribution in [3.8, 4) is 0 Å². The van der Waals surface area contributed by atoms with E-state index in [1.807, 2.05) is 11.7 Å². The molecule has 0 aliphatic rings. The Bertz CT molecular complexity index is 500. The second-order valence-corrected chi connectivity index (χ2v) is 5.28. The van der Waals surface area contributed by atoms with Gasteiger partial charge in [0.2, 0.25) is 0 Å². The van der Waals surface area contributed by atoms with Crippen LogP contribution in [0.5, 0.6) is 0 Å². The van der Waals surface area contributed by atoms with E-state index < -0.39 is 0 Å². The molecule has 0 aliphatic heterocycles. The van der Waals surface area contributed by atoms with Crippen molar-refractivity contribution in [2.75, 3.05) is 6.54 Å². The Hall–Kier alpha value is -1.61. The van der Waals surface area contributed by atoms with Crippen LogP contribution in [0.3, 0.4) is 0 Å². The minimum Gasteiger partial charge on any atom is -0.312 e. The van der Waals surface area contributed by atoms with Crippen LogP contribution in [-0.4, -0.2) is 16.3 Å². The van der Waals surface area contributed by atoms with Crippen LogP contribution >= 0.6 is 0 Å². The van der Waals surface area contributed by atoms with Crippen molar-refractivity contribution in [1.82, 2.24) is 15.1 Å². The Morgan fingerprint density at radius 1 is 1.21 bits per heavy atom. The fourth-order valence-corrected chi connectivity index (χ4v) is 2.28. The maximum absolute atomic E-state index is 4.52. The van der Waals surface area contributed by atoms with Gasteiger partial charge in [-0.05, 0) is 24.4 Å². The summed E-state index contributed by atoms with van der Waals surface area (Å²) in [6, 6.07) is 10.6. The normalized spacial score (nSPS) is 11.2. The van der Waals surface area contributed by atoms with Crippen LogP contribution in [0.1, 0.15) is 36.6 Å². The minimum atomic E-state index is 0.479. The smallest absolute Gasteiger partial charge is 0.0694 e. The Morgan fingerprint density at radius 3 is 2.63 bits per heavy atom. The van der Waals surface area contributed by atoms with Gasteiger partial charge in [-0.25, -0.2) is 0 Å². The van der Waals surface area contributed by atoms with Gasteiger partial charge in [0.05, 0.1) is 5.69 Å². The third-order valence-electron chi connectivity index (χ3n) is 3.23. The average molecular weight is 257 g/mol. The average Bonchev–Trinajstić information content (AvgIpc) is 2.77. The van der Waals surface area contributed by atoms with Gasteiger partial charge in [-0.2, -0.15) is 5.10 Å². The number of nitrogens with zero attached hydrogens (tertiary/aromatic N) is 2. The van der Waals surface area contributed by atoms with E-state index in [1.54, 1.807) is 0 Å². The molecule has 102 valence electrons. The number of nitrogens with one attached hydrogen (secondary N) is 1. The summed E-state index contributed by atoms with van der Waals surface area (Å²) >= 11 is 0. The standard InChI is InChI=1S/C16H23N3/c1-13(2)16-15(12-19(3)18-16)11-17-10-9-14-7-5-4-6-8-14/h4-8,12-13,17H,9-11H2,1-3H3. The fourth-order valence-electron chi connectivity index (χ4n) is 2.28. The number of aromatic nitrogens is 2.